The summed E-state index contributed by atoms with van der Waals surface area (Å²) in [6.45, 7) is 2.52. The van der Waals surface area contributed by atoms with Gasteiger partial charge >= 0.3 is 0 Å². The smallest absolute Gasteiger partial charge is 0.255 e. The second kappa shape index (κ2) is 5.14. The minimum atomic E-state index is -0.497. The Morgan fingerprint density at radius 1 is 1.53 bits per heavy atom. The van der Waals surface area contributed by atoms with Crippen LogP contribution in [0.15, 0.2) is 26.2 Å². The Morgan fingerprint density at radius 2 is 2.29 bits per heavy atom. The molecule has 1 amide bonds. The molecular weight excluding hydrogens is 352 g/mol. The number of aliphatic imine (C=N–C) groups is 1. The molecule has 90 valence electrons. The van der Waals surface area contributed by atoms with Crippen LogP contribution < -0.4 is 10.6 Å². The topological polar surface area (TPSA) is 66.4 Å². The molecule has 0 spiro atoms. The molecule has 0 saturated carbocycles. The molecule has 1 aromatic rings. The third kappa shape index (κ3) is 2.66. The summed E-state index contributed by atoms with van der Waals surface area (Å²) >= 11 is 6.71. The van der Waals surface area contributed by atoms with Crippen molar-refractivity contribution in [1.82, 2.24) is 15.6 Å². The normalized spacial score (nSPS) is 21.5. The summed E-state index contributed by atoms with van der Waals surface area (Å²) in [6, 6.07) is 1.36. The van der Waals surface area contributed by atoms with Crippen LogP contribution in [0.25, 0.3) is 0 Å². The van der Waals surface area contributed by atoms with E-state index in [1.807, 2.05) is 13.0 Å². The molecule has 1 aromatic heterocycles. The van der Waals surface area contributed by atoms with E-state index in [0.717, 1.165) is 8.95 Å². The third-order valence-corrected chi connectivity index (χ3v) is 3.28. The van der Waals surface area contributed by atoms with Gasteiger partial charge < -0.3 is 5.32 Å². The zero-order valence-corrected chi connectivity index (χ0v) is 12.2. The van der Waals surface area contributed by atoms with E-state index in [1.165, 1.54) is 0 Å². The number of halogens is 2. The summed E-state index contributed by atoms with van der Waals surface area (Å²) in [5.74, 6) is 0.354. The van der Waals surface area contributed by atoms with Crippen LogP contribution in [-0.4, -0.2) is 23.4 Å². The molecular formula is C10H10Br2N4O. The lowest BCUT2D eigenvalue weighted by Crippen LogP contribution is -2.25. The summed E-state index contributed by atoms with van der Waals surface area (Å²) in [7, 11) is 0. The van der Waals surface area contributed by atoms with Crippen molar-refractivity contribution >= 4 is 43.7 Å². The van der Waals surface area contributed by atoms with E-state index < -0.39 is 6.04 Å². The Labute approximate surface area is 115 Å². The molecule has 0 aromatic carbocycles. The van der Waals surface area contributed by atoms with Crippen molar-refractivity contribution in [3.8, 4) is 0 Å². The van der Waals surface area contributed by atoms with Crippen molar-refractivity contribution in [2.45, 2.75) is 13.0 Å². The van der Waals surface area contributed by atoms with Gasteiger partial charge in [0.1, 0.15) is 0 Å². The standard InChI is InChI=1S/C10H10Br2N4O/c1-2-13-10-15-8(9(17)16-10)7-6(12)3-5(11)4-14-7/h3-4,8H,2H2,1H3,(H2,13,15,16,17). The number of carbonyl (C=O) groups is 1. The maximum atomic E-state index is 11.8. The Kier molecular flexibility index (Phi) is 3.78. The van der Waals surface area contributed by atoms with Gasteiger partial charge in [-0.3, -0.25) is 20.1 Å². The van der Waals surface area contributed by atoms with E-state index in [2.05, 4.69) is 52.5 Å². The monoisotopic (exact) mass is 360 g/mol. The van der Waals surface area contributed by atoms with Gasteiger partial charge in [0, 0.05) is 21.7 Å². The zero-order valence-electron chi connectivity index (χ0n) is 9.00. The Balaban J connectivity index is 2.29. The lowest BCUT2D eigenvalue weighted by molar-refractivity contribution is -0.120. The molecule has 5 nitrogen and oxygen atoms in total. The first kappa shape index (κ1) is 12.5. The fourth-order valence-electron chi connectivity index (χ4n) is 1.50. The van der Waals surface area contributed by atoms with Gasteiger partial charge in [-0.15, -0.1) is 0 Å². The average molecular weight is 362 g/mol. The average Bonchev–Trinajstić information content (AvgIpc) is 2.60. The van der Waals surface area contributed by atoms with Crippen molar-refractivity contribution < 1.29 is 4.79 Å². The van der Waals surface area contributed by atoms with E-state index in [9.17, 15) is 4.79 Å². The molecule has 1 saturated heterocycles. The van der Waals surface area contributed by atoms with Crippen LogP contribution in [0.2, 0.25) is 0 Å². The van der Waals surface area contributed by atoms with Crippen LogP contribution in [0, 0.1) is 0 Å². The first-order valence-electron chi connectivity index (χ1n) is 5.04. The SMILES string of the molecule is CCN=C1NC(=O)C(c2ncc(Br)cc2Br)N1. The lowest BCUT2D eigenvalue weighted by Gasteiger charge is -2.09. The van der Waals surface area contributed by atoms with Gasteiger partial charge in [-0.25, -0.2) is 0 Å². The van der Waals surface area contributed by atoms with Crippen LogP contribution >= 0.6 is 31.9 Å². The van der Waals surface area contributed by atoms with E-state index in [4.69, 9.17) is 0 Å². The molecule has 2 rings (SSSR count). The molecule has 1 aliphatic rings. The Morgan fingerprint density at radius 3 is 2.94 bits per heavy atom. The van der Waals surface area contributed by atoms with Gasteiger partial charge in [-0.05, 0) is 44.8 Å². The van der Waals surface area contributed by atoms with Crippen molar-refractivity contribution in [3.63, 3.8) is 0 Å². The Bertz CT molecular complexity index is 489. The van der Waals surface area contributed by atoms with E-state index >= 15 is 0 Å². The highest BCUT2D eigenvalue weighted by atomic mass is 79.9. The molecule has 1 unspecified atom stereocenters. The number of pyridine rings is 1. The number of nitrogens with one attached hydrogen (secondary N) is 2. The molecule has 2 heterocycles. The van der Waals surface area contributed by atoms with Gasteiger partial charge in [0.25, 0.3) is 5.91 Å². The Hall–Kier alpha value is -0.950. The predicted octanol–water partition coefficient (Wildman–Crippen LogP) is 1.74. The largest absolute Gasteiger partial charge is 0.339 e. The lowest BCUT2D eigenvalue weighted by atomic mass is 10.2. The van der Waals surface area contributed by atoms with Crippen LogP contribution in [0.5, 0.6) is 0 Å². The van der Waals surface area contributed by atoms with E-state index in [-0.39, 0.29) is 5.91 Å². The predicted molar refractivity (Wildman–Crippen MR) is 71.6 cm³/mol. The van der Waals surface area contributed by atoms with Crippen LogP contribution in [0.1, 0.15) is 18.7 Å². The number of carbonyl (C=O) groups excluding carboxylic acids is 1. The molecule has 1 fully saturated rings. The number of guanidine groups is 1. The van der Waals surface area contributed by atoms with Crippen LogP contribution in [0.3, 0.4) is 0 Å². The van der Waals surface area contributed by atoms with Gasteiger partial charge in [-0.2, -0.15) is 0 Å². The minimum Gasteiger partial charge on any atom is -0.339 e. The minimum absolute atomic E-state index is 0.146. The van der Waals surface area contributed by atoms with Crippen LogP contribution in [0.4, 0.5) is 0 Å². The number of aromatic nitrogens is 1. The maximum Gasteiger partial charge on any atom is 0.255 e. The summed E-state index contributed by atoms with van der Waals surface area (Å²) < 4.78 is 1.63. The highest BCUT2D eigenvalue weighted by Crippen LogP contribution is 2.26. The number of amides is 1. The number of hydrogen-bond donors (Lipinski definition) is 2. The summed E-state index contributed by atoms with van der Waals surface area (Å²) in [4.78, 5) is 20.1. The van der Waals surface area contributed by atoms with Crippen molar-refractivity contribution in [1.29, 1.82) is 0 Å². The van der Waals surface area contributed by atoms with Crippen molar-refractivity contribution in [2.24, 2.45) is 4.99 Å². The summed E-state index contributed by atoms with van der Waals surface area (Å²) in [5.41, 5.74) is 0.645. The van der Waals surface area contributed by atoms with Crippen LogP contribution in [-0.2, 0) is 4.79 Å². The first-order valence-corrected chi connectivity index (χ1v) is 6.63. The highest BCUT2D eigenvalue weighted by molar-refractivity contribution is 9.11. The van der Waals surface area contributed by atoms with E-state index in [0.29, 0.717) is 18.2 Å². The zero-order chi connectivity index (χ0) is 12.4. The maximum absolute atomic E-state index is 11.8. The second-order valence-corrected chi connectivity index (χ2v) is 5.18. The molecule has 17 heavy (non-hydrogen) atoms. The van der Waals surface area contributed by atoms with Crippen molar-refractivity contribution in [3.05, 3.63) is 26.9 Å². The molecule has 1 atom stereocenters. The quantitative estimate of drug-likeness (QED) is 0.843. The molecule has 0 radical (unpaired) electrons. The summed E-state index contributed by atoms with van der Waals surface area (Å²) in [6.07, 6.45) is 1.66. The van der Waals surface area contributed by atoms with Gasteiger partial charge in [-0.1, -0.05) is 0 Å². The van der Waals surface area contributed by atoms with Gasteiger partial charge in [0.2, 0.25) is 0 Å². The number of rotatable bonds is 2. The fourth-order valence-corrected chi connectivity index (χ4v) is 2.72. The molecule has 0 bridgehead atoms. The molecule has 1 aliphatic heterocycles. The first-order chi connectivity index (χ1) is 8.11. The second-order valence-electron chi connectivity index (χ2n) is 3.41. The molecule has 7 heteroatoms. The number of nitrogens with zero attached hydrogens (tertiary/aromatic N) is 2. The fraction of sp³-hybridized carbons (Fsp3) is 0.300. The van der Waals surface area contributed by atoms with Gasteiger partial charge in [0.05, 0.1) is 5.69 Å². The van der Waals surface area contributed by atoms with E-state index in [1.54, 1.807) is 6.20 Å². The van der Waals surface area contributed by atoms with Gasteiger partial charge in [0.15, 0.2) is 12.0 Å². The van der Waals surface area contributed by atoms with Crippen molar-refractivity contribution in [2.75, 3.05) is 6.54 Å². The number of hydrogen-bond acceptors (Lipinski definition) is 3. The third-order valence-electron chi connectivity index (χ3n) is 2.21. The highest BCUT2D eigenvalue weighted by Gasteiger charge is 2.32. The molecule has 2 N–H and O–H groups in total. The summed E-state index contributed by atoms with van der Waals surface area (Å²) in [5, 5.41) is 5.67. The molecule has 0 aliphatic carbocycles.